The smallest absolute Gasteiger partial charge is 0.255 e. The monoisotopic (exact) mass is 567 g/mol. The molecule has 1 aliphatic heterocycles. The highest BCUT2D eigenvalue weighted by atomic mass is 16.5. The van der Waals surface area contributed by atoms with E-state index in [9.17, 15) is 4.79 Å². The fourth-order valence-corrected chi connectivity index (χ4v) is 7.07. The first-order valence-electron chi connectivity index (χ1n) is 15.8. The fraction of sp³-hybridized carbons (Fsp3) is 0.486. The Morgan fingerprint density at radius 1 is 0.976 bits per heavy atom. The quantitative estimate of drug-likeness (QED) is 0.220. The molecule has 0 atom stereocenters. The van der Waals surface area contributed by atoms with E-state index in [1.165, 1.54) is 62.8 Å². The van der Waals surface area contributed by atoms with Crippen molar-refractivity contribution in [3.63, 3.8) is 0 Å². The Morgan fingerprint density at radius 2 is 1.76 bits per heavy atom. The Morgan fingerprint density at radius 3 is 2.57 bits per heavy atom. The summed E-state index contributed by atoms with van der Waals surface area (Å²) in [6.07, 6.45) is 17.6. The van der Waals surface area contributed by atoms with Crippen molar-refractivity contribution in [1.82, 2.24) is 23.9 Å². The third kappa shape index (κ3) is 6.32. The lowest BCUT2D eigenvalue weighted by Crippen LogP contribution is -2.38. The van der Waals surface area contributed by atoms with Crippen molar-refractivity contribution in [3.05, 3.63) is 78.6 Å². The number of benzene rings is 2. The van der Waals surface area contributed by atoms with Gasteiger partial charge < -0.3 is 23.7 Å². The summed E-state index contributed by atoms with van der Waals surface area (Å²) >= 11 is 0. The first-order valence-corrected chi connectivity index (χ1v) is 15.8. The normalized spacial score (nSPS) is 17.2. The molecule has 42 heavy (non-hydrogen) atoms. The number of aromatic nitrogens is 3. The summed E-state index contributed by atoms with van der Waals surface area (Å²) in [5.41, 5.74) is 3.94. The zero-order chi connectivity index (χ0) is 28.9. The topological polar surface area (TPSA) is 55.5 Å². The number of piperidine rings is 1. The highest BCUT2D eigenvalue weighted by Crippen LogP contribution is 2.33. The summed E-state index contributed by atoms with van der Waals surface area (Å²) in [5, 5.41) is 2.32. The molecule has 222 valence electrons. The molecule has 7 heteroatoms. The van der Waals surface area contributed by atoms with Crippen molar-refractivity contribution in [2.45, 2.75) is 57.5 Å². The van der Waals surface area contributed by atoms with Gasteiger partial charge in [0.15, 0.2) is 0 Å². The van der Waals surface area contributed by atoms with Gasteiger partial charge in [0, 0.05) is 70.5 Å². The number of hydrogen-bond donors (Lipinski definition) is 0. The highest BCUT2D eigenvalue weighted by Gasteiger charge is 2.26. The van der Waals surface area contributed by atoms with Crippen LogP contribution in [0.4, 0.5) is 0 Å². The molecule has 0 bridgehead atoms. The number of nitrogens with zero attached hydrogens (tertiary/aromatic N) is 5. The van der Waals surface area contributed by atoms with E-state index in [0.717, 1.165) is 35.3 Å². The van der Waals surface area contributed by atoms with E-state index < -0.39 is 0 Å². The van der Waals surface area contributed by atoms with E-state index in [1.807, 2.05) is 25.8 Å². The largest absolute Gasteiger partial charge is 0.383 e. The average molecular weight is 568 g/mol. The Hall–Kier alpha value is -3.42. The number of methoxy groups -OCH3 is 1. The summed E-state index contributed by atoms with van der Waals surface area (Å²) in [5.74, 6) is 0.904. The molecule has 1 aliphatic carbocycles. The van der Waals surface area contributed by atoms with Crippen LogP contribution in [-0.4, -0.2) is 76.8 Å². The lowest BCUT2D eigenvalue weighted by molar-refractivity contribution is 0.0745. The van der Waals surface area contributed by atoms with E-state index in [2.05, 4.69) is 67.7 Å². The van der Waals surface area contributed by atoms with Crippen molar-refractivity contribution in [3.8, 4) is 11.1 Å². The minimum absolute atomic E-state index is 0.00702. The second-order valence-corrected chi connectivity index (χ2v) is 12.3. The summed E-state index contributed by atoms with van der Waals surface area (Å²) in [7, 11) is 3.52. The van der Waals surface area contributed by atoms with Crippen LogP contribution in [0.2, 0.25) is 0 Å². The molecule has 1 saturated heterocycles. The first-order chi connectivity index (χ1) is 20.6. The summed E-state index contributed by atoms with van der Waals surface area (Å²) in [6.45, 7) is 5.33. The molecule has 0 unspecified atom stereocenters. The Labute approximate surface area is 250 Å². The summed E-state index contributed by atoms with van der Waals surface area (Å²) in [4.78, 5) is 22.7. The minimum atomic E-state index is 0.00702. The number of rotatable bonds is 10. The van der Waals surface area contributed by atoms with Gasteiger partial charge in [0.05, 0.1) is 30.7 Å². The van der Waals surface area contributed by atoms with Crippen LogP contribution in [0.15, 0.2) is 67.4 Å². The van der Waals surface area contributed by atoms with E-state index in [4.69, 9.17) is 4.74 Å². The van der Waals surface area contributed by atoms with Gasteiger partial charge in [-0.15, -0.1) is 0 Å². The minimum Gasteiger partial charge on any atom is -0.383 e. The standard InChI is InChI=1S/C35H45N5O2/c1-37(19-20-42-2)35(41)34-25-39(24-33(34)32-14-8-12-28-11-6-7-13-31(28)32)23-30-21-36-26-40(30)29-15-17-38(18-16-29)22-27-9-4-3-5-10-27/h6-8,11-14,21,24-27,29H,3-5,9-10,15-20,22-23H2,1-2H3. The maximum Gasteiger partial charge on any atom is 0.255 e. The van der Waals surface area contributed by atoms with Gasteiger partial charge in [-0.3, -0.25) is 4.79 Å². The molecule has 0 radical (unpaired) electrons. The zero-order valence-corrected chi connectivity index (χ0v) is 25.3. The number of ether oxygens (including phenoxy) is 1. The number of likely N-dealkylation sites (N-methyl/N-ethyl adjacent to an activating group) is 1. The number of likely N-dealkylation sites (tertiary alicyclic amines) is 1. The number of carbonyl (C=O) groups is 1. The molecule has 7 nitrogen and oxygen atoms in total. The SMILES string of the molecule is COCCN(C)C(=O)c1cn(Cc2cncn2C2CCN(CC3CCCCC3)CC2)cc1-c1cccc2ccccc12. The molecule has 1 saturated carbocycles. The van der Waals surface area contributed by atoms with E-state index >= 15 is 0 Å². The second-order valence-electron chi connectivity index (χ2n) is 12.3. The molecular formula is C35H45N5O2. The van der Waals surface area contributed by atoms with Crippen LogP contribution in [0, 0.1) is 5.92 Å². The molecule has 2 aromatic heterocycles. The molecule has 2 aliphatic rings. The lowest BCUT2D eigenvalue weighted by Gasteiger charge is -2.36. The molecule has 1 amide bonds. The van der Waals surface area contributed by atoms with Gasteiger partial charge in [0.2, 0.25) is 0 Å². The van der Waals surface area contributed by atoms with Crippen LogP contribution in [0.1, 0.15) is 67.0 Å². The van der Waals surface area contributed by atoms with Gasteiger partial charge in [-0.25, -0.2) is 4.98 Å². The van der Waals surface area contributed by atoms with Crippen molar-refractivity contribution >= 4 is 16.7 Å². The van der Waals surface area contributed by atoms with Crippen LogP contribution in [0.5, 0.6) is 0 Å². The van der Waals surface area contributed by atoms with E-state index in [-0.39, 0.29) is 5.91 Å². The summed E-state index contributed by atoms with van der Waals surface area (Å²) in [6, 6.07) is 15.2. The molecule has 2 fully saturated rings. The van der Waals surface area contributed by atoms with Crippen molar-refractivity contribution in [1.29, 1.82) is 0 Å². The van der Waals surface area contributed by atoms with Gasteiger partial charge >= 0.3 is 0 Å². The van der Waals surface area contributed by atoms with Gasteiger partial charge in [0.25, 0.3) is 5.91 Å². The highest BCUT2D eigenvalue weighted by molar-refractivity contribution is 6.05. The molecule has 6 rings (SSSR count). The van der Waals surface area contributed by atoms with Gasteiger partial charge in [-0.1, -0.05) is 61.7 Å². The van der Waals surface area contributed by atoms with Crippen LogP contribution in [0.25, 0.3) is 21.9 Å². The molecule has 3 heterocycles. The Balaban J connectivity index is 1.23. The molecule has 2 aromatic carbocycles. The maximum absolute atomic E-state index is 13.7. The number of fused-ring (bicyclic) bond motifs is 1. The zero-order valence-electron chi connectivity index (χ0n) is 25.3. The Kier molecular flexibility index (Phi) is 9.06. The Bertz CT molecular complexity index is 1470. The number of hydrogen-bond acceptors (Lipinski definition) is 4. The van der Waals surface area contributed by atoms with Gasteiger partial charge in [-0.2, -0.15) is 0 Å². The third-order valence-electron chi connectivity index (χ3n) is 9.45. The van der Waals surface area contributed by atoms with Crippen molar-refractivity contribution in [2.75, 3.05) is 46.9 Å². The molecule has 0 N–H and O–H groups in total. The van der Waals surface area contributed by atoms with Gasteiger partial charge in [-0.05, 0) is 47.9 Å². The van der Waals surface area contributed by atoms with Gasteiger partial charge in [0.1, 0.15) is 0 Å². The van der Waals surface area contributed by atoms with Crippen LogP contribution in [0.3, 0.4) is 0 Å². The fourth-order valence-electron chi connectivity index (χ4n) is 7.07. The maximum atomic E-state index is 13.7. The molecular weight excluding hydrogens is 522 g/mol. The van der Waals surface area contributed by atoms with Crippen LogP contribution in [-0.2, 0) is 11.3 Å². The number of amides is 1. The van der Waals surface area contributed by atoms with Crippen molar-refractivity contribution in [2.24, 2.45) is 5.92 Å². The average Bonchev–Trinajstić information content (AvgIpc) is 3.67. The second kappa shape index (κ2) is 13.3. The summed E-state index contributed by atoms with van der Waals surface area (Å²) < 4.78 is 9.81. The lowest BCUT2D eigenvalue weighted by atomic mass is 9.88. The predicted octanol–water partition coefficient (Wildman–Crippen LogP) is 6.49. The molecule has 4 aromatic rings. The van der Waals surface area contributed by atoms with Crippen LogP contribution < -0.4 is 0 Å². The van der Waals surface area contributed by atoms with E-state index in [0.29, 0.717) is 31.3 Å². The van der Waals surface area contributed by atoms with Crippen LogP contribution >= 0.6 is 0 Å². The number of imidazole rings is 1. The van der Waals surface area contributed by atoms with E-state index in [1.54, 1.807) is 12.0 Å². The molecule has 0 spiro atoms. The number of carbonyl (C=O) groups excluding carboxylic acids is 1. The third-order valence-corrected chi connectivity index (χ3v) is 9.45. The predicted molar refractivity (Wildman–Crippen MR) is 169 cm³/mol. The van der Waals surface area contributed by atoms with Crippen molar-refractivity contribution < 1.29 is 9.53 Å². The first kappa shape index (κ1) is 28.7.